The van der Waals surface area contributed by atoms with Crippen molar-refractivity contribution in [3.8, 4) is 0 Å². The second-order valence-electron chi connectivity index (χ2n) is 6.24. The molecule has 0 spiro atoms. The van der Waals surface area contributed by atoms with E-state index in [9.17, 15) is 9.59 Å². The van der Waals surface area contributed by atoms with Gasteiger partial charge in [0.05, 0.1) is 5.92 Å². The molecule has 5 nitrogen and oxygen atoms in total. The summed E-state index contributed by atoms with van der Waals surface area (Å²) in [5.74, 6) is -1.26. The Balaban J connectivity index is 1.56. The third kappa shape index (κ3) is 3.67. The first-order valence-corrected chi connectivity index (χ1v) is 8.37. The number of hydrogen-bond donors (Lipinski definition) is 2. The lowest BCUT2D eigenvalue weighted by Gasteiger charge is -2.30. The molecule has 1 unspecified atom stereocenters. The smallest absolute Gasteiger partial charge is 0.317 e. The van der Waals surface area contributed by atoms with Gasteiger partial charge in [0, 0.05) is 19.6 Å². The lowest BCUT2D eigenvalue weighted by atomic mass is 9.99. The van der Waals surface area contributed by atoms with Gasteiger partial charge in [0.25, 0.3) is 0 Å². The van der Waals surface area contributed by atoms with Crippen LogP contribution in [0.2, 0.25) is 0 Å². The number of urea groups is 1. The molecule has 0 bridgehead atoms. The molecule has 2 aromatic rings. The molecule has 0 saturated carbocycles. The minimum absolute atomic E-state index is 0.166. The van der Waals surface area contributed by atoms with Crippen LogP contribution in [-0.2, 0) is 11.2 Å². The number of carboxylic acids is 1. The van der Waals surface area contributed by atoms with Crippen LogP contribution in [0.5, 0.6) is 0 Å². The van der Waals surface area contributed by atoms with Crippen LogP contribution in [0.1, 0.15) is 18.4 Å². The second-order valence-corrected chi connectivity index (χ2v) is 6.24. The predicted octanol–water partition coefficient (Wildman–Crippen LogP) is 2.89. The average molecular weight is 326 g/mol. The van der Waals surface area contributed by atoms with Crippen LogP contribution in [-0.4, -0.2) is 41.6 Å². The van der Waals surface area contributed by atoms with E-state index < -0.39 is 11.9 Å². The summed E-state index contributed by atoms with van der Waals surface area (Å²) in [4.78, 5) is 24.9. The summed E-state index contributed by atoms with van der Waals surface area (Å²) in [6.07, 6.45) is 2.14. The first-order chi connectivity index (χ1) is 11.6. The third-order valence-corrected chi connectivity index (χ3v) is 4.61. The molecule has 0 aliphatic carbocycles. The van der Waals surface area contributed by atoms with Gasteiger partial charge in [-0.3, -0.25) is 4.79 Å². The van der Waals surface area contributed by atoms with Crippen LogP contribution in [0.4, 0.5) is 4.79 Å². The Labute approximate surface area is 141 Å². The van der Waals surface area contributed by atoms with E-state index in [0.29, 0.717) is 26.1 Å². The Morgan fingerprint density at radius 2 is 1.96 bits per heavy atom. The van der Waals surface area contributed by atoms with Gasteiger partial charge in [-0.15, -0.1) is 0 Å². The molecule has 1 heterocycles. The topological polar surface area (TPSA) is 69.6 Å². The van der Waals surface area contributed by atoms with Crippen molar-refractivity contribution in [2.75, 3.05) is 19.6 Å². The van der Waals surface area contributed by atoms with Crippen LogP contribution in [0.3, 0.4) is 0 Å². The standard InChI is InChI=1S/C19H22N2O3/c22-18(23)16-8-4-12-21(13-16)19(24)20-11-10-15-7-3-6-14-5-1-2-9-17(14)15/h1-3,5-7,9,16H,4,8,10-13H2,(H,20,24)(H,22,23). The fraction of sp³-hybridized carbons (Fsp3) is 0.368. The molecule has 24 heavy (non-hydrogen) atoms. The highest BCUT2D eigenvalue weighted by Crippen LogP contribution is 2.19. The van der Waals surface area contributed by atoms with Crippen LogP contribution >= 0.6 is 0 Å². The molecular formula is C19H22N2O3. The summed E-state index contributed by atoms with van der Waals surface area (Å²) in [6.45, 7) is 1.47. The van der Waals surface area contributed by atoms with Crippen LogP contribution < -0.4 is 5.32 Å². The number of aliphatic carboxylic acids is 1. The van der Waals surface area contributed by atoms with E-state index in [1.807, 2.05) is 18.2 Å². The van der Waals surface area contributed by atoms with E-state index in [4.69, 9.17) is 5.11 Å². The van der Waals surface area contributed by atoms with Gasteiger partial charge in [-0.2, -0.15) is 0 Å². The first-order valence-electron chi connectivity index (χ1n) is 8.37. The lowest BCUT2D eigenvalue weighted by Crippen LogP contribution is -2.47. The maximum Gasteiger partial charge on any atom is 0.317 e. The van der Waals surface area contributed by atoms with E-state index >= 15 is 0 Å². The number of nitrogens with one attached hydrogen (secondary N) is 1. The van der Waals surface area contributed by atoms with Gasteiger partial charge in [-0.05, 0) is 35.6 Å². The molecule has 126 valence electrons. The molecule has 1 atom stereocenters. The summed E-state index contributed by atoms with van der Waals surface area (Å²) < 4.78 is 0. The van der Waals surface area contributed by atoms with Gasteiger partial charge >= 0.3 is 12.0 Å². The fourth-order valence-electron chi connectivity index (χ4n) is 3.29. The molecule has 1 aliphatic rings. The van der Waals surface area contributed by atoms with Crippen molar-refractivity contribution >= 4 is 22.8 Å². The molecule has 0 radical (unpaired) electrons. The average Bonchev–Trinajstić information content (AvgIpc) is 2.62. The quantitative estimate of drug-likeness (QED) is 0.907. The van der Waals surface area contributed by atoms with E-state index in [2.05, 4.69) is 29.6 Å². The molecular weight excluding hydrogens is 304 g/mol. The number of carbonyl (C=O) groups is 2. The van der Waals surface area contributed by atoms with E-state index in [1.165, 1.54) is 16.3 Å². The third-order valence-electron chi connectivity index (χ3n) is 4.61. The predicted molar refractivity (Wildman–Crippen MR) is 93.0 cm³/mol. The largest absolute Gasteiger partial charge is 0.481 e. The van der Waals surface area contributed by atoms with Gasteiger partial charge in [-0.25, -0.2) is 4.79 Å². The Bertz CT molecular complexity index is 739. The van der Waals surface area contributed by atoms with Crippen LogP contribution in [0.15, 0.2) is 42.5 Å². The number of hydrogen-bond acceptors (Lipinski definition) is 2. The van der Waals surface area contributed by atoms with Crippen molar-refractivity contribution in [1.82, 2.24) is 10.2 Å². The Morgan fingerprint density at radius 3 is 2.79 bits per heavy atom. The van der Waals surface area contributed by atoms with Gasteiger partial charge in [-0.1, -0.05) is 42.5 Å². The number of rotatable bonds is 4. The summed E-state index contributed by atoms with van der Waals surface area (Å²) in [6, 6.07) is 14.2. The maximum absolute atomic E-state index is 12.2. The van der Waals surface area contributed by atoms with E-state index in [-0.39, 0.29) is 6.03 Å². The fourth-order valence-corrected chi connectivity index (χ4v) is 3.29. The van der Waals surface area contributed by atoms with E-state index in [1.54, 1.807) is 4.90 Å². The molecule has 1 saturated heterocycles. The normalized spacial score (nSPS) is 17.7. The molecule has 1 aliphatic heterocycles. The zero-order chi connectivity index (χ0) is 16.9. The maximum atomic E-state index is 12.2. The molecule has 5 heteroatoms. The van der Waals surface area contributed by atoms with Crippen molar-refractivity contribution in [3.63, 3.8) is 0 Å². The molecule has 2 aromatic carbocycles. The number of benzene rings is 2. The highest BCUT2D eigenvalue weighted by Gasteiger charge is 2.27. The first kappa shape index (κ1) is 16.3. The monoisotopic (exact) mass is 326 g/mol. The minimum atomic E-state index is -0.816. The molecule has 2 amide bonds. The number of piperidine rings is 1. The molecule has 2 N–H and O–H groups in total. The Hall–Kier alpha value is -2.56. The SMILES string of the molecule is O=C(O)C1CCCN(C(=O)NCCc2cccc3ccccc23)C1. The Kier molecular flexibility index (Phi) is 4.99. The molecule has 3 rings (SSSR count). The Morgan fingerprint density at radius 1 is 1.17 bits per heavy atom. The van der Waals surface area contributed by atoms with Crippen molar-refractivity contribution in [1.29, 1.82) is 0 Å². The highest BCUT2D eigenvalue weighted by atomic mass is 16.4. The van der Waals surface area contributed by atoms with Crippen molar-refractivity contribution in [2.45, 2.75) is 19.3 Å². The summed E-state index contributed by atoms with van der Waals surface area (Å²) in [5, 5.41) is 14.4. The highest BCUT2D eigenvalue weighted by molar-refractivity contribution is 5.85. The zero-order valence-corrected chi connectivity index (χ0v) is 13.6. The second kappa shape index (κ2) is 7.34. The number of fused-ring (bicyclic) bond motifs is 1. The number of amides is 2. The number of carbonyl (C=O) groups excluding carboxylic acids is 1. The summed E-state index contributed by atoms with van der Waals surface area (Å²) in [7, 11) is 0. The van der Waals surface area contributed by atoms with Crippen molar-refractivity contribution in [2.24, 2.45) is 5.92 Å². The number of carboxylic acid groups (broad SMARTS) is 1. The summed E-state index contributed by atoms with van der Waals surface area (Å²) >= 11 is 0. The van der Waals surface area contributed by atoms with Gasteiger partial charge in [0.2, 0.25) is 0 Å². The zero-order valence-electron chi connectivity index (χ0n) is 13.6. The van der Waals surface area contributed by atoms with Gasteiger partial charge in [0.1, 0.15) is 0 Å². The van der Waals surface area contributed by atoms with Gasteiger partial charge < -0.3 is 15.3 Å². The number of likely N-dealkylation sites (tertiary alicyclic amines) is 1. The van der Waals surface area contributed by atoms with Crippen molar-refractivity contribution in [3.05, 3.63) is 48.0 Å². The minimum Gasteiger partial charge on any atom is -0.481 e. The van der Waals surface area contributed by atoms with Gasteiger partial charge in [0.15, 0.2) is 0 Å². The van der Waals surface area contributed by atoms with Crippen molar-refractivity contribution < 1.29 is 14.7 Å². The molecule has 0 aromatic heterocycles. The number of nitrogens with zero attached hydrogens (tertiary/aromatic N) is 1. The molecule has 1 fully saturated rings. The van der Waals surface area contributed by atoms with Crippen LogP contribution in [0, 0.1) is 5.92 Å². The van der Waals surface area contributed by atoms with E-state index in [0.717, 1.165) is 12.8 Å². The van der Waals surface area contributed by atoms with Crippen LogP contribution in [0.25, 0.3) is 10.8 Å². The summed E-state index contributed by atoms with van der Waals surface area (Å²) in [5.41, 5.74) is 1.20. The lowest BCUT2D eigenvalue weighted by molar-refractivity contribution is -0.143.